The van der Waals surface area contributed by atoms with Crippen molar-refractivity contribution < 1.29 is 24.2 Å². The summed E-state index contributed by atoms with van der Waals surface area (Å²) in [6, 6.07) is 13.1. The SMILES string of the molecule is O=C(CC(=O)c1ccc(C2CN(C(=O)O)CCO2)cc1)c1ccc(Cl)cc1. The van der Waals surface area contributed by atoms with Gasteiger partial charge in [0.25, 0.3) is 0 Å². The number of hydrogen-bond acceptors (Lipinski definition) is 4. The van der Waals surface area contributed by atoms with Crippen molar-refractivity contribution in [3.63, 3.8) is 0 Å². The summed E-state index contributed by atoms with van der Waals surface area (Å²) < 4.78 is 5.62. The quantitative estimate of drug-likeness (QED) is 0.622. The molecule has 7 heteroatoms. The van der Waals surface area contributed by atoms with Gasteiger partial charge in [-0.3, -0.25) is 9.59 Å². The number of halogens is 1. The van der Waals surface area contributed by atoms with Crippen molar-refractivity contribution in [1.29, 1.82) is 0 Å². The zero-order chi connectivity index (χ0) is 19.4. The molecule has 1 amide bonds. The molecule has 1 aliphatic rings. The Balaban J connectivity index is 1.64. The van der Waals surface area contributed by atoms with E-state index in [9.17, 15) is 14.4 Å². The minimum absolute atomic E-state index is 0.228. The number of hydrogen-bond donors (Lipinski definition) is 1. The predicted molar refractivity (Wildman–Crippen MR) is 99.5 cm³/mol. The Morgan fingerprint density at radius 3 is 2.11 bits per heavy atom. The molecule has 3 rings (SSSR count). The third kappa shape index (κ3) is 4.72. The lowest BCUT2D eigenvalue weighted by atomic mass is 9.99. The maximum Gasteiger partial charge on any atom is 0.407 e. The van der Waals surface area contributed by atoms with Crippen LogP contribution in [0.4, 0.5) is 4.79 Å². The van der Waals surface area contributed by atoms with Gasteiger partial charge in [-0.1, -0.05) is 35.9 Å². The molecule has 2 aromatic rings. The van der Waals surface area contributed by atoms with Gasteiger partial charge in [0.2, 0.25) is 0 Å². The number of carbonyl (C=O) groups excluding carboxylic acids is 2. The number of morpholine rings is 1. The van der Waals surface area contributed by atoms with E-state index in [0.717, 1.165) is 5.56 Å². The van der Waals surface area contributed by atoms with Crippen LogP contribution in [0.3, 0.4) is 0 Å². The first-order valence-electron chi connectivity index (χ1n) is 8.45. The van der Waals surface area contributed by atoms with Crippen molar-refractivity contribution in [1.82, 2.24) is 4.90 Å². The van der Waals surface area contributed by atoms with E-state index in [2.05, 4.69) is 0 Å². The number of rotatable bonds is 5. The van der Waals surface area contributed by atoms with E-state index in [1.807, 2.05) is 0 Å². The lowest BCUT2D eigenvalue weighted by Gasteiger charge is -2.31. The van der Waals surface area contributed by atoms with Crippen LogP contribution in [0.1, 0.15) is 38.8 Å². The maximum atomic E-state index is 12.4. The molecular weight excluding hydrogens is 370 g/mol. The fraction of sp³-hybridized carbons (Fsp3) is 0.250. The van der Waals surface area contributed by atoms with Gasteiger partial charge in [0.05, 0.1) is 19.6 Å². The number of carboxylic acid groups (broad SMARTS) is 1. The molecule has 27 heavy (non-hydrogen) atoms. The summed E-state index contributed by atoms with van der Waals surface area (Å²) in [6.07, 6.45) is -1.57. The first-order chi connectivity index (χ1) is 12.9. The maximum absolute atomic E-state index is 12.4. The number of nitrogens with zero attached hydrogens (tertiary/aromatic N) is 1. The molecule has 1 saturated heterocycles. The van der Waals surface area contributed by atoms with E-state index >= 15 is 0 Å². The first kappa shape index (κ1) is 19.1. The third-order valence-electron chi connectivity index (χ3n) is 4.43. The average molecular weight is 388 g/mol. The molecule has 0 aliphatic carbocycles. The van der Waals surface area contributed by atoms with Crippen molar-refractivity contribution in [2.24, 2.45) is 0 Å². The Kier molecular flexibility index (Phi) is 5.88. The van der Waals surface area contributed by atoms with Crippen LogP contribution in [0.5, 0.6) is 0 Å². The zero-order valence-corrected chi connectivity index (χ0v) is 15.2. The molecule has 0 aromatic heterocycles. The van der Waals surface area contributed by atoms with Gasteiger partial charge in [0.1, 0.15) is 6.10 Å². The van der Waals surface area contributed by atoms with Crippen molar-refractivity contribution in [3.8, 4) is 0 Å². The van der Waals surface area contributed by atoms with Gasteiger partial charge in [-0.25, -0.2) is 4.79 Å². The summed E-state index contributed by atoms with van der Waals surface area (Å²) in [7, 11) is 0. The Morgan fingerprint density at radius 1 is 1.00 bits per heavy atom. The molecule has 1 aliphatic heterocycles. The van der Waals surface area contributed by atoms with Crippen molar-refractivity contribution in [3.05, 3.63) is 70.2 Å². The fourth-order valence-corrected chi connectivity index (χ4v) is 3.02. The van der Waals surface area contributed by atoms with Gasteiger partial charge in [-0.05, 0) is 29.8 Å². The summed E-state index contributed by atoms with van der Waals surface area (Å²) in [4.78, 5) is 37.0. The van der Waals surface area contributed by atoms with Gasteiger partial charge in [0, 0.05) is 22.7 Å². The molecule has 1 N–H and O–H groups in total. The second-order valence-corrected chi connectivity index (χ2v) is 6.68. The lowest BCUT2D eigenvalue weighted by molar-refractivity contribution is -0.0232. The third-order valence-corrected chi connectivity index (χ3v) is 4.68. The number of ketones is 2. The van der Waals surface area contributed by atoms with E-state index in [-0.39, 0.29) is 30.6 Å². The van der Waals surface area contributed by atoms with Gasteiger partial charge in [0.15, 0.2) is 11.6 Å². The molecule has 0 spiro atoms. The van der Waals surface area contributed by atoms with Crippen molar-refractivity contribution in [2.45, 2.75) is 12.5 Å². The van der Waals surface area contributed by atoms with E-state index < -0.39 is 6.09 Å². The normalized spacial score (nSPS) is 16.8. The summed E-state index contributed by atoms with van der Waals surface area (Å²) in [5, 5.41) is 9.63. The number of amides is 1. The number of carbonyl (C=O) groups is 3. The Labute approximate surface area is 161 Å². The minimum atomic E-state index is -0.976. The predicted octanol–water partition coefficient (Wildman–Crippen LogP) is 3.85. The number of ether oxygens (including phenoxy) is 1. The molecule has 6 nitrogen and oxygen atoms in total. The largest absolute Gasteiger partial charge is 0.465 e. The van der Waals surface area contributed by atoms with Crippen LogP contribution in [0.25, 0.3) is 0 Å². The molecule has 1 atom stereocenters. The summed E-state index contributed by atoms with van der Waals surface area (Å²) in [5.41, 5.74) is 1.65. The standard InChI is InChI=1S/C20H18ClNO5/c21-16-7-5-14(6-8-16)18(24)11-17(23)13-1-3-15(4-2-13)19-12-22(20(25)26)9-10-27-19/h1-8,19H,9-12H2,(H,25,26). The number of Topliss-reactive ketones (excluding diaryl/α,β-unsaturated/α-hetero) is 2. The monoisotopic (exact) mass is 387 g/mol. The highest BCUT2D eigenvalue weighted by Gasteiger charge is 2.25. The van der Waals surface area contributed by atoms with Gasteiger partial charge < -0.3 is 14.7 Å². The molecule has 0 saturated carbocycles. The van der Waals surface area contributed by atoms with Crippen molar-refractivity contribution in [2.75, 3.05) is 19.7 Å². The molecule has 0 radical (unpaired) electrons. The van der Waals surface area contributed by atoms with Crippen LogP contribution in [-0.4, -0.2) is 47.4 Å². The number of benzene rings is 2. The fourth-order valence-electron chi connectivity index (χ4n) is 2.89. The molecule has 140 valence electrons. The van der Waals surface area contributed by atoms with Crippen LogP contribution in [0.15, 0.2) is 48.5 Å². The zero-order valence-electron chi connectivity index (χ0n) is 14.4. The molecule has 2 aromatic carbocycles. The Morgan fingerprint density at radius 2 is 1.56 bits per heavy atom. The second-order valence-electron chi connectivity index (χ2n) is 6.24. The van der Waals surface area contributed by atoms with E-state index in [1.54, 1.807) is 48.5 Å². The smallest absolute Gasteiger partial charge is 0.407 e. The molecule has 1 heterocycles. The topological polar surface area (TPSA) is 83.9 Å². The highest BCUT2D eigenvalue weighted by molar-refractivity contribution is 6.30. The van der Waals surface area contributed by atoms with Gasteiger partial charge in [-0.2, -0.15) is 0 Å². The van der Waals surface area contributed by atoms with E-state index in [0.29, 0.717) is 29.3 Å². The average Bonchev–Trinajstić information content (AvgIpc) is 2.68. The summed E-state index contributed by atoms with van der Waals surface area (Å²) in [5.74, 6) is -0.549. The van der Waals surface area contributed by atoms with Crippen molar-refractivity contribution >= 4 is 29.3 Å². The van der Waals surface area contributed by atoms with Crippen LogP contribution in [-0.2, 0) is 4.74 Å². The summed E-state index contributed by atoms with van der Waals surface area (Å²) >= 11 is 5.80. The summed E-state index contributed by atoms with van der Waals surface area (Å²) in [6.45, 7) is 0.917. The van der Waals surface area contributed by atoms with Crippen LogP contribution in [0.2, 0.25) is 5.02 Å². The molecule has 1 fully saturated rings. The lowest BCUT2D eigenvalue weighted by Crippen LogP contribution is -2.41. The van der Waals surface area contributed by atoms with E-state index in [4.69, 9.17) is 21.4 Å². The highest BCUT2D eigenvalue weighted by atomic mass is 35.5. The van der Waals surface area contributed by atoms with Crippen LogP contribution < -0.4 is 0 Å². The first-order valence-corrected chi connectivity index (χ1v) is 8.83. The van der Waals surface area contributed by atoms with Gasteiger partial charge >= 0.3 is 6.09 Å². The van der Waals surface area contributed by atoms with Gasteiger partial charge in [-0.15, -0.1) is 0 Å². The highest BCUT2D eigenvalue weighted by Crippen LogP contribution is 2.23. The second kappa shape index (κ2) is 8.33. The van der Waals surface area contributed by atoms with Crippen LogP contribution in [0, 0.1) is 0 Å². The minimum Gasteiger partial charge on any atom is -0.465 e. The van der Waals surface area contributed by atoms with E-state index in [1.165, 1.54) is 4.90 Å². The molecule has 1 unspecified atom stereocenters. The molecular formula is C20H18ClNO5. The Bertz CT molecular complexity index is 848. The van der Waals surface area contributed by atoms with Crippen LogP contribution >= 0.6 is 11.6 Å². The Hall–Kier alpha value is -2.70. The molecule has 0 bridgehead atoms.